The first-order valence-electron chi connectivity index (χ1n) is 10.5. The van der Waals surface area contributed by atoms with Gasteiger partial charge in [-0.05, 0) is 68.9 Å². The van der Waals surface area contributed by atoms with Gasteiger partial charge in [-0.25, -0.2) is 13.4 Å². The molecule has 7 nitrogen and oxygen atoms in total. The number of benzene rings is 1. The van der Waals surface area contributed by atoms with Gasteiger partial charge in [0.05, 0.1) is 21.9 Å². The van der Waals surface area contributed by atoms with Crippen molar-refractivity contribution in [2.45, 2.75) is 44.6 Å². The van der Waals surface area contributed by atoms with Crippen LogP contribution in [-0.2, 0) is 14.8 Å². The van der Waals surface area contributed by atoms with Crippen molar-refractivity contribution in [1.29, 1.82) is 0 Å². The number of anilines is 2. The van der Waals surface area contributed by atoms with Crippen molar-refractivity contribution in [1.82, 2.24) is 4.98 Å². The molecule has 172 valence electrons. The zero-order valence-corrected chi connectivity index (χ0v) is 20.2. The molecule has 2 fully saturated rings. The number of amides is 1. The van der Waals surface area contributed by atoms with Gasteiger partial charge in [-0.1, -0.05) is 23.2 Å². The van der Waals surface area contributed by atoms with Gasteiger partial charge in [0.1, 0.15) is 5.82 Å². The molecular weight excluding hydrogens is 473 g/mol. The highest BCUT2D eigenvalue weighted by molar-refractivity contribution is 7.93. The number of ether oxygens (including phenoxy) is 1. The topological polar surface area (TPSA) is 88.6 Å². The van der Waals surface area contributed by atoms with Gasteiger partial charge in [-0.2, -0.15) is 0 Å². The van der Waals surface area contributed by atoms with E-state index < -0.39 is 15.9 Å². The highest BCUT2D eigenvalue weighted by Crippen LogP contribution is 2.37. The molecule has 3 heterocycles. The molecule has 1 aromatic carbocycles. The number of aromatic nitrogens is 1. The lowest BCUT2D eigenvalue weighted by Crippen LogP contribution is -2.33. The quantitative estimate of drug-likeness (QED) is 0.651. The molecule has 0 bridgehead atoms. The van der Waals surface area contributed by atoms with E-state index in [2.05, 4.69) is 24.1 Å². The van der Waals surface area contributed by atoms with Crippen LogP contribution < -0.4 is 9.62 Å². The van der Waals surface area contributed by atoms with Crippen molar-refractivity contribution in [3.8, 4) is 0 Å². The van der Waals surface area contributed by atoms with E-state index in [0.29, 0.717) is 30.3 Å². The number of sulfonamides is 1. The number of carbonyl (C=O) groups excluding carboxylic acids is 1. The minimum Gasteiger partial charge on any atom is -0.376 e. The third-order valence-electron chi connectivity index (χ3n) is 5.79. The normalized spacial score (nSPS) is 22.0. The molecule has 1 N–H and O–H groups in total. The Balaban J connectivity index is 1.58. The van der Waals surface area contributed by atoms with E-state index in [4.69, 9.17) is 27.9 Å². The lowest BCUT2D eigenvalue weighted by atomic mass is 9.83. The van der Waals surface area contributed by atoms with Crippen LogP contribution in [0.5, 0.6) is 0 Å². The van der Waals surface area contributed by atoms with Gasteiger partial charge < -0.3 is 10.1 Å². The highest BCUT2D eigenvalue weighted by atomic mass is 35.5. The Morgan fingerprint density at radius 2 is 2.03 bits per heavy atom. The van der Waals surface area contributed by atoms with Crippen LogP contribution in [0.25, 0.3) is 0 Å². The van der Waals surface area contributed by atoms with E-state index >= 15 is 0 Å². The first kappa shape index (κ1) is 23.3. The second-order valence-corrected chi connectivity index (χ2v) is 11.6. The molecule has 1 amide bonds. The molecule has 1 atom stereocenters. The SMILES string of the molecule is CC1(C)CC(c2cc(Cl)cc(NC(=O)c3cc(N4CCCS4(=O)=O)ncc3Cl)c2)CCO1. The molecule has 1 unspecified atom stereocenters. The standard InChI is InChI=1S/C22H25Cl2N3O4S/c1-22(2)12-14(4-6-31-22)15-8-16(23)10-17(9-15)26-21(28)18-11-20(25-13-19(18)24)27-5-3-7-32(27,29)30/h8-11,13-14H,3-7,12H2,1-2H3,(H,26,28). The summed E-state index contributed by atoms with van der Waals surface area (Å²) < 4.78 is 31.5. The van der Waals surface area contributed by atoms with Crippen molar-refractivity contribution >= 4 is 50.6 Å². The number of carbonyl (C=O) groups is 1. The van der Waals surface area contributed by atoms with E-state index in [1.54, 1.807) is 6.07 Å². The first-order chi connectivity index (χ1) is 15.0. The Kier molecular flexibility index (Phi) is 6.42. The van der Waals surface area contributed by atoms with E-state index in [1.807, 2.05) is 12.1 Å². The molecule has 0 aliphatic carbocycles. The van der Waals surface area contributed by atoms with Crippen molar-refractivity contribution in [2.24, 2.45) is 0 Å². The highest BCUT2D eigenvalue weighted by Gasteiger charge is 2.31. The average molecular weight is 498 g/mol. The van der Waals surface area contributed by atoms with E-state index in [0.717, 1.165) is 18.4 Å². The molecule has 0 saturated carbocycles. The van der Waals surface area contributed by atoms with Gasteiger partial charge in [-0.15, -0.1) is 0 Å². The molecular formula is C22H25Cl2N3O4S. The third-order valence-corrected chi connectivity index (χ3v) is 8.15. The lowest BCUT2D eigenvalue weighted by molar-refractivity contribution is -0.0593. The van der Waals surface area contributed by atoms with Crippen molar-refractivity contribution in [2.75, 3.05) is 28.5 Å². The summed E-state index contributed by atoms with van der Waals surface area (Å²) in [6.07, 6.45) is 3.54. The van der Waals surface area contributed by atoms with Gasteiger partial charge in [-0.3, -0.25) is 9.10 Å². The molecule has 0 spiro atoms. The Hall–Kier alpha value is -1.87. The van der Waals surface area contributed by atoms with Gasteiger partial charge in [0, 0.05) is 30.1 Å². The predicted molar refractivity (Wildman–Crippen MR) is 126 cm³/mol. The lowest BCUT2D eigenvalue weighted by Gasteiger charge is -2.36. The maximum Gasteiger partial charge on any atom is 0.257 e. The summed E-state index contributed by atoms with van der Waals surface area (Å²) in [7, 11) is -3.42. The van der Waals surface area contributed by atoms with Crippen molar-refractivity contribution in [3.63, 3.8) is 0 Å². The Morgan fingerprint density at radius 3 is 2.72 bits per heavy atom. The van der Waals surface area contributed by atoms with Crippen molar-refractivity contribution in [3.05, 3.63) is 51.6 Å². The molecule has 32 heavy (non-hydrogen) atoms. The number of nitrogens with one attached hydrogen (secondary N) is 1. The number of hydrogen-bond donors (Lipinski definition) is 1. The van der Waals surface area contributed by atoms with Crippen LogP contribution in [0.3, 0.4) is 0 Å². The third kappa shape index (κ3) is 5.03. The number of rotatable bonds is 4. The second-order valence-electron chi connectivity index (χ2n) is 8.79. The summed E-state index contributed by atoms with van der Waals surface area (Å²) in [4.78, 5) is 17.1. The van der Waals surface area contributed by atoms with E-state index in [-0.39, 0.29) is 33.7 Å². The van der Waals surface area contributed by atoms with Crippen LogP contribution in [0.2, 0.25) is 10.0 Å². The Morgan fingerprint density at radius 1 is 1.25 bits per heavy atom. The molecule has 2 aliphatic rings. The number of nitrogens with zero attached hydrogens (tertiary/aromatic N) is 2. The van der Waals surface area contributed by atoms with E-state index in [1.165, 1.54) is 16.6 Å². The minimum atomic E-state index is -3.42. The number of hydrogen-bond acceptors (Lipinski definition) is 5. The monoisotopic (exact) mass is 497 g/mol. The van der Waals surface area contributed by atoms with Gasteiger partial charge in [0.25, 0.3) is 5.91 Å². The molecule has 2 aromatic rings. The maximum atomic E-state index is 13.0. The molecule has 2 saturated heterocycles. The Labute approximate surface area is 198 Å². The van der Waals surface area contributed by atoms with Crippen LogP contribution in [0.4, 0.5) is 11.5 Å². The summed E-state index contributed by atoms with van der Waals surface area (Å²) in [6, 6.07) is 6.91. The fourth-order valence-corrected chi connectivity index (χ4v) is 6.21. The minimum absolute atomic E-state index is 0.0626. The van der Waals surface area contributed by atoms with Crippen LogP contribution in [-0.4, -0.2) is 43.8 Å². The van der Waals surface area contributed by atoms with Crippen LogP contribution in [0.1, 0.15) is 54.9 Å². The van der Waals surface area contributed by atoms with Gasteiger partial charge >= 0.3 is 0 Å². The maximum absolute atomic E-state index is 13.0. The molecule has 10 heteroatoms. The number of halogens is 2. The van der Waals surface area contributed by atoms with E-state index in [9.17, 15) is 13.2 Å². The van der Waals surface area contributed by atoms with Gasteiger partial charge in [0.15, 0.2) is 0 Å². The molecule has 2 aliphatic heterocycles. The fourth-order valence-electron chi connectivity index (χ4n) is 4.27. The summed E-state index contributed by atoms with van der Waals surface area (Å²) in [5.41, 5.74) is 1.51. The predicted octanol–water partition coefficient (Wildman–Crippen LogP) is 4.85. The van der Waals surface area contributed by atoms with Crippen LogP contribution >= 0.6 is 23.2 Å². The average Bonchev–Trinajstić information content (AvgIpc) is 3.06. The van der Waals surface area contributed by atoms with Crippen LogP contribution in [0.15, 0.2) is 30.5 Å². The molecule has 1 aromatic heterocycles. The van der Waals surface area contributed by atoms with Gasteiger partial charge in [0.2, 0.25) is 10.0 Å². The summed E-state index contributed by atoms with van der Waals surface area (Å²) in [5.74, 6) is 0.0567. The number of pyridine rings is 1. The molecule has 4 rings (SSSR count). The smallest absolute Gasteiger partial charge is 0.257 e. The fraction of sp³-hybridized carbons (Fsp3) is 0.455. The summed E-state index contributed by atoms with van der Waals surface area (Å²) in [6.45, 7) is 5.13. The summed E-state index contributed by atoms with van der Waals surface area (Å²) in [5, 5.41) is 3.50. The second kappa shape index (κ2) is 8.82. The zero-order valence-electron chi connectivity index (χ0n) is 17.9. The van der Waals surface area contributed by atoms with Crippen LogP contribution in [0, 0.1) is 0 Å². The van der Waals surface area contributed by atoms with Crippen molar-refractivity contribution < 1.29 is 17.9 Å². The Bertz CT molecular complexity index is 1150. The summed E-state index contributed by atoms with van der Waals surface area (Å²) >= 11 is 12.6. The zero-order chi connectivity index (χ0) is 23.1. The first-order valence-corrected chi connectivity index (χ1v) is 12.8. The molecule has 0 radical (unpaired) electrons. The largest absolute Gasteiger partial charge is 0.376 e.